The second-order valence-electron chi connectivity index (χ2n) is 6.42. The number of hydrogen-bond donors (Lipinski definition) is 1. The van der Waals surface area contributed by atoms with Crippen LogP contribution in [0.25, 0.3) is 0 Å². The average molecular weight is 396 g/mol. The zero-order valence-corrected chi connectivity index (χ0v) is 15.3. The molecule has 1 fully saturated rings. The number of aromatic carboxylic acids is 1. The van der Waals surface area contributed by atoms with Crippen LogP contribution in [-0.2, 0) is 16.6 Å². The maximum atomic E-state index is 13.0. The summed E-state index contributed by atoms with van der Waals surface area (Å²) in [6, 6.07) is 0.527. The van der Waals surface area contributed by atoms with Crippen LogP contribution in [0.2, 0.25) is 0 Å². The average Bonchev–Trinajstić information content (AvgIpc) is 3.00. The molecule has 2 rings (SSSR count). The highest BCUT2D eigenvalue weighted by atomic mass is 32.2. The van der Waals surface area contributed by atoms with Crippen molar-refractivity contribution in [3.63, 3.8) is 0 Å². The topological polar surface area (TPSA) is 79.6 Å². The number of carbonyl (C=O) groups is 1. The van der Waals surface area contributed by atoms with Gasteiger partial charge >= 0.3 is 12.1 Å². The van der Waals surface area contributed by atoms with Crippen LogP contribution < -0.4 is 0 Å². The molecule has 0 radical (unpaired) electrons. The molecule has 1 saturated carbocycles. The van der Waals surface area contributed by atoms with Crippen LogP contribution in [0.5, 0.6) is 0 Å². The van der Waals surface area contributed by atoms with Crippen LogP contribution in [0.1, 0.15) is 55.9 Å². The highest BCUT2D eigenvalue weighted by Gasteiger charge is 2.37. The standard InChI is InChI=1S/C16H23F3N2O4S/c1-2-20-11-13(10-14(20)15(22)23)26(24,25)21(9-8-16(17,18)19)12-6-4-3-5-7-12/h10-12H,2-9H2,1H3,(H,22,23). The Morgan fingerprint density at radius 3 is 2.38 bits per heavy atom. The van der Waals surface area contributed by atoms with E-state index in [1.807, 2.05) is 0 Å². The van der Waals surface area contributed by atoms with Gasteiger partial charge in [0.1, 0.15) is 10.6 Å². The summed E-state index contributed by atoms with van der Waals surface area (Å²) in [6.45, 7) is 1.24. The van der Waals surface area contributed by atoms with Gasteiger partial charge in [-0.2, -0.15) is 17.5 Å². The fraction of sp³-hybridized carbons (Fsp3) is 0.688. The molecule has 26 heavy (non-hydrogen) atoms. The van der Waals surface area contributed by atoms with Gasteiger partial charge in [0.2, 0.25) is 10.0 Å². The molecular weight excluding hydrogens is 373 g/mol. The van der Waals surface area contributed by atoms with Crippen LogP contribution in [0.15, 0.2) is 17.2 Å². The minimum absolute atomic E-state index is 0.203. The number of aryl methyl sites for hydroxylation is 1. The van der Waals surface area contributed by atoms with Crippen molar-refractivity contribution in [1.82, 2.24) is 8.87 Å². The molecule has 10 heteroatoms. The van der Waals surface area contributed by atoms with Crippen molar-refractivity contribution in [2.24, 2.45) is 0 Å². The predicted octanol–water partition coefficient (Wildman–Crippen LogP) is 3.48. The van der Waals surface area contributed by atoms with Crippen molar-refractivity contribution in [1.29, 1.82) is 0 Å². The van der Waals surface area contributed by atoms with Crippen molar-refractivity contribution < 1.29 is 31.5 Å². The first-order valence-corrected chi connectivity index (χ1v) is 10.0. The van der Waals surface area contributed by atoms with E-state index in [0.29, 0.717) is 12.8 Å². The maximum absolute atomic E-state index is 13.0. The molecule has 0 unspecified atom stereocenters. The summed E-state index contributed by atoms with van der Waals surface area (Å²) in [5.74, 6) is -1.28. The SMILES string of the molecule is CCn1cc(S(=O)(=O)N(CCC(F)(F)F)C2CCCCC2)cc1C(=O)O. The van der Waals surface area contributed by atoms with Gasteiger partial charge in [0.25, 0.3) is 0 Å². The summed E-state index contributed by atoms with van der Waals surface area (Å²) in [5, 5.41) is 9.20. The van der Waals surface area contributed by atoms with Gasteiger partial charge < -0.3 is 9.67 Å². The van der Waals surface area contributed by atoms with Crippen LogP contribution in [0.3, 0.4) is 0 Å². The molecule has 0 saturated heterocycles. The molecule has 148 valence electrons. The van der Waals surface area contributed by atoms with Crippen LogP contribution in [0.4, 0.5) is 13.2 Å². The normalized spacial score (nSPS) is 17.0. The minimum atomic E-state index is -4.47. The van der Waals surface area contributed by atoms with E-state index in [1.165, 1.54) is 10.8 Å². The molecule has 6 nitrogen and oxygen atoms in total. The van der Waals surface area contributed by atoms with Crippen molar-refractivity contribution in [3.05, 3.63) is 18.0 Å². The lowest BCUT2D eigenvalue weighted by molar-refractivity contribution is -0.136. The lowest BCUT2D eigenvalue weighted by Crippen LogP contribution is -2.43. The van der Waals surface area contributed by atoms with Gasteiger partial charge in [-0.05, 0) is 25.8 Å². The number of rotatable bonds is 7. The predicted molar refractivity (Wildman–Crippen MR) is 88.5 cm³/mol. The highest BCUT2D eigenvalue weighted by Crippen LogP contribution is 2.31. The molecule has 0 spiro atoms. The van der Waals surface area contributed by atoms with E-state index in [-0.39, 0.29) is 17.1 Å². The second kappa shape index (κ2) is 7.99. The zero-order chi connectivity index (χ0) is 19.5. The molecule has 1 aliphatic rings. The zero-order valence-electron chi connectivity index (χ0n) is 14.5. The van der Waals surface area contributed by atoms with E-state index in [1.54, 1.807) is 6.92 Å². The van der Waals surface area contributed by atoms with Crippen LogP contribution >= 0.6 is 0 Å². The monoisotopic (exact) mass is 396 g/mol. The smallest absolute Gasteiger partial charge is 0.390 e. The summed E-state index contributed by atoms with van der Waals surface area (Å²) in [6.07, 6.45) is -1.04. The number of halogens is 3. The third-order valence-corrected chi connectivity index (χ3v) is 6.55. The van der Waals surface area contributed by atoms with Gasteiger partial charge in [-0.1, -0.05) is 19.3 Å². The Labute approximate surface area is 150 Å². The van der Waals surface area contributed by atoms with E-state index in [0.717, 1.165) is 29.6 Å². The van der Waals surface area contributed by atoms with Crippen molar-refractivity contribution in [3.8, 4) is 0 Å². The Hall–Kier alpha value is -1.55. The molecule has 0 bridgehead atoms. The second-order valence-corrected chi connectivity index (χ2v) is 8.32. The van der Waals surface area contributed by atoms with E-state index in [9.17, 15) is 31.5 Å². The molecule has 1 aromatic heterocycles. The quantitative estimate of drug-likeness (QED) is 0.765. The first-order valence-electron chi connectivity index (χ1n) is 8.58. The molecule has 1 N–H and O–H groups in total. The van der Waals surface area contributed by atoms with Crippen molar-refractivity contribution >= 4 is 16.0 Å². The Kier molecular flexibility index (Phi) is 6.38. The fourth-order valence-corrected chi connectivity index (χ4v) is 5.03. The van der Waals surface area contributed by atoms with E-state index >= 15 is 0 Å². The van der Waals surface area contributed by atoms with E-state index < -0.39 is 41.2 Å². The van der Waals surface area contributed by atoms with Gasteiger partial charge in [-0.15, -0.1) is 0 Å². The third kappa shape index (κ3) is 4.79. The molecule has 1 aromatic rings. The van der Waals surface area contributed by atoms with E-state index in [2.05, 4.69) is 0 Å². The van der Waals surface area contributed by atoms with Crippen LogP contribution in [0, 0.1) is 0 Å². The van der Waals surface area contributed by atoms with Gasteiger partial charge in [0.05, 0.1) is 6.42 Å². The number of carboxylic acid groups (broad SMARTS) is 1. The summed E-state index contributed by atoms with van der Waals surface area (Å²) < 4.78 is 66.3. The number of carboxylic acids is 1. The van der Waals surface area contributed by atoms with Gasteiger partial charge in [0.15, 0.2) is 0 Å². The molecule has 0 atom stereocenters. The fourth-order valence-electron chi connectivity index (χ4n) is 3.31. The third-order valence-electron chi connectivity index (χ3n) is 4.64. The number of aromatic nitrogens is 1. The molecule has 1 heterocycles. The van der Waals surface area contributed by atoms with Crippen molar-refractivity contribution in [2.75, 3.05) is 6.54 Å². The summed E-state index contributed by atoms with van der Waals surface area (Å²) >= 11 is 0. The lowest BCUT2D eigenvalue weighted by atomic mass is 9.95. The Bertz CT molecular complexity index is 737. The highest BCUT2D eigenvalue weighted by molar-refractivity contribution is 7.89. The molecule has 0 aliphatic heterocycles. The molecule has 0 aromatic carbocycles. The van der Waals surface area contributed by atoms with Gasteiger partial charge in [0, 0.05) is 25.3 Å². The van der Waals surface area contributed by atoms with E-state index in [4.69, 9.17) is 0 Å². The Morgan fingerprint density at radius 2 is 1.92 bits per heavy atom. The maximum Gasteiger partial charge on any atom is 0.390 e. The lowest BCUT2D eigenvalue weighted by Gasteiger charge is -2.33. The summed E-state index contributed by atoms with van der Waals surface area (Å²) in [4.78, 5) is 11.0. The number of nitrogens with zero attached hydrogens (tertiary/aromatic N) is 2. The van der Waals surface area contributed by atoms with Gasteiger partial charge in [-0.25, -0.2) is 13.2 Å². The largest absolute Gasteiger partial charge is 0.477 e. The first-order chi connectivity index (χ1) is 12.1. The Balaban J connectivity index is 2.39. The van der Waals surface area contributed by atoms with Gasteiger partial charge in [-0.3, -0.25) is 0 Å². The minimum Gasteiger partial charge on any atom is -0.477 e. The number of hydrogen-bond acceptors (Lipinski definition) is 3. The summed E-state index contributed by atoms with van der Waals surface area (Å²) in [7, 11) is -4.22. The number of sulfonamides is 1. The molecular formula is C16H23F3N2O4S. The molecule has 1 aliphatic carbocycles. The number of alkyl halides is 3. The van der Waals surface area contributed by atoms with Crippen LogP contribution in [-0.4, -0.2) is 47.1 Å². The molecule has 0 amide bonds. The van der Waals surface area contributed by atoms with Crippen molar-refractivity contribution in [2.45, 2.75) is 69.1 Å². The first kappa shape index (κ1) is 20.8. The summed E-state index contributed by atoms with van der Waals surface area (Å²) in [5.41, 5.74) is -0.203. The Morgan fingerprint density at radius 1 is 1.31 bits per heavy atom.